The predicted molar refractivity (Wildman–Crippen MR) is 59.6 cm³/mol. The van der Waals surface area contributed by atoms with Crippen molar-refractivity contribution in [2.24, 2.45) is 0 Å². The Bertz CT molecular complexity index is 343. The Balaban J connectivity index is 2.85. The summed E-state index contributed by atoms with van der Waals surface area (Å²) in [6, 6.07) is 9.06. The number of hydrogen-bond donors (Lipinski definition) is 2. The van der Waals surface area contributed by atoms with E-state index in [1.165, 1.54) is 0 Å². The molecule has 0 heterocycles. The molecule has 0 aliphatic heterocycles. The highest BCUT2D eigenvalue weighted by Crippen LogP contribution is 2.53. The molecule has 0 saturated carbocycles. The second kappa shape index (κ2) is 3.76. The molecule has 0 amide bonds. The van der Waals surface area contributed by atoms with E-state index in [-0.39, 0.29) is 0 Å². The zero-order chi connectivity index (χ0) is 10.8. The molecule has 1 aromatic rings. The van der Waals surface area contributed by atoms with Gasteiger partial charge >= 0.3 is 0 Å². The molecule has 0 bridgehead atoms. The van der Waals surface area contributed by atoms with Gasteiger partial charge in [-0.1, -0.05) is 18.2 Å². The predicted octanol–water partition coefficient (Wildman–Crippen LogP) is 3.08. The Labute approximate surface area is 84.7 Å². The molecule has 2 N–H and O–H groups in total. The summed E-state index contributed by atoms with van der Waals surface area (Å²) in [6.45, 7) is 5.22. The molecule has 0 fully saturated rings. The van der Waals surface area contributed by atoms with Crippen LogP contribution in [0.5, 0.6) is 0 Å². The molecule has 78 valence electrons. The molecule has 1 atom stereocenters. The molecule has 0 saturated heterocycles. The van der Waals surface area contributed by atoms with Crippen molar-refractivity contribution >= 4 is 13.2 Å². The molecule has 4 heteroatoms. The summed E-state index contributed by atoms with van der Waals surface area (Å²) in [6.07, 6.45) is 0. The van der Waals surface area contributed by atoms with E-state index in [4.69, 9.17) is 0 Å². The van der Waals surface area contributed by atoms with Crippen LogP contribution in [-0.2, 0) is 4.57 Å². The molecule has 14 heavy (non-hydrogen) atoms. The topological polar surface area (TPSA) is 49.3 Å². The van der Waals surface area contributed by atoms with Crippen LogP contribution in [0.15, 0.2) is 30.3 Å². The van der Waals surface area contributed by atoms with Crippen LogP contribution in [0.4, 0.5) is 5.69 Å². The molecule has 1 aromatic carbocycles. The Morgan fingerprint density at radius 1 is 1.21 bits per heavy atom. The lowest BCUT2D eigenvalue weighted by Crippen LogP contribution is -2.19. The maximum Gasteiger partial charge on any atom is 0.296 e. The van der Waals surface area contributed by atoms with Gasteiger partial charge in [-0.15, -0.1) is 0 Å². The Kier molecular flexibility index (Phi) is 3.03. The van der Waals surface area contributed by atoms with Gasteiger partial charge in [0.15, 0.2) is 0 Å². The van der Waals surface area contributed by atoms with E-state index in [0.29, 0.717) is 5.69 Å². The van der Waals surface area contributed by atoms with Crippen molar-refractivity contribution in [3.63, 3.8) is 0 Å². The van der Waals surface area contributed by atoms with Gasteiger partial charge in [0.25, 0.3) is 7.52 Å². The van der Waals surface area contributed by atoms with Gasteiger partial charge in [0.2, 0.25) is 0 Å². The van der Waals surface area contributed by atoms with Crippen LogP contribution in [0.3, 0.4) is 0 Å². The fourth-order valence-corrected chi connectivity index (χ4v) is 1.69. The van der Waals surface area contributed by atoms with Gasteiger partial charge in [0.05, 0.1) is 5.16 Å². The number of hydrogen-bond acceptors (Lipinski definition) is 1. The van der Waals surface area contributed by atoms with Crippen molar-refractivity contribution in [2.45, 2.75) is 25.9 Å². The summed E-state index contributed by atoms with van der Waals surface area (Å²) >= 11 is 0. The van der Waals surface area contributed by atoms with Crippen LogP contribution in [0.25, 0.3) is 0 Å². The van der Waals surface area contributed by atoms with E-state index in [1.54, 1.807) is 32.9 Å². The Hall–Kier alpha value is -0.790. The van der Waals surface area contributed by atoms with Crippen molar-refractivity contribution in [2.75, 3.05) is 5.09 Å². The number of rotatable bonds is 2. The van der Waals surface area contributed by atoms with Crippen molar-refractivity contribution in [1.82, 2.24) is 0 Å². The fourth-order valence-electron chi connectivity index (χ4n) is 0.855. The highest BCUT2D eigenvalue weighted by Gasteiger charge is 2.34. The van der Waals surface area contributed by atoms with Gasteiger partial charge in [-0.2, -0.15) is 0 Å². The van der Waals surface area contributed by atoms with Gasteiger partial charge in [-0.25, -0.2) is 0 Å². The lowest BCUT2D eigenvalue weighted by atomic mass is 10.3. The van der Waals surface area contributed by atoms with Crippen LogP contribution in [0.1, 0.15) is 20.8 Å². The summed E-state index contributed by atoms with van der Waals surface area (Å²) < 4.78 is 11.8. The number of benzene rings is 1. The van der Waals surface area contributed by atoms with Crippen molar-refractivity contribution in [3.05, 3.63) is 30.3 Å². The quantitative estimate of drug-likeness (QED) is 0.742. The summed E-state index contributed by atoms with van der Waals surface area (Å²) in [5, 5.41) is 2.02. The minimum absolute atomic E-state index is 0.650. The first-order valence-corrected chi connectivity index (χ1v) is 6.15. The van der Waals surface area contributed by atoms with Gasteiger partial charge in [0, 0.05) is 5.69 Å². The van der Waals surface area contributed by atoms with Crippen LogP contribution in [-0.4, -0.2) is 10.0 Å². The van der Waals surface area contributed by atoms with Gasteiger partial charge in [-0.3, -0.25) is 4.57 Å². The summed E-state index contributed by atoms with van der Waals surface area (Å²) in [4.78, 5) is 9.75. The summed E-state index contributed by atoms with van der Waals surface area (Å²) in [5.41, 5.74) is 0.674. The van der Waals surface area contributed by atoms with Crippen LogP contribution >= 0.6 is 7.52 Å². The maximum atomic E-state index is 11.8. The largest absolute Gasteiger partial charge is 0.329 e. The van der Waals surface area contributed by atoms with E-state index in [9.17, 15) is 9.46 Å². The normalized spacial score (nSPS) is 16.0. The molecule has 0 radical (unpaired) electrons. The number of nitrogens with one attached hydrogen (secondary N) is 1. The zero-order valence-electron chi connectivity index (χ0n) is 8.69. The number of anilines is 1. The average molecular weight is 213 g/mol. The van der Waals surface area contributed by atoms with Crippen molar-refractivity contribution in [3.8, 4) is 0 Å². The number of para-hydroxylation sites is 1. The molecule has 0 aliphatic rings. The van der Waals surface area contributed by atoms with Crippen LogP contribution in [0, 0.1) is 0 Å². The molecular weight excluding hydrogens is 197 g/mol. The fraction of sp³-hybridized carbons (Fsp3) is 0.400. The first-order chi connectivity index (χ1) is 6.33. The summed E-state index contributed by atoms with van der Waals surface area (Å²) in [5.74, 6) is 0. The maximum absolute atomic E-state index is 11.8. The van der Waals surface area contributed by atoms with Crippen LogP contribution < -0.4 is 5.09 Å². The SMILES string of the molecule is CC(C)(C)P(=O)(O)Nc1ccccc1. The third kappa shape index (κ3) is 2.60. The zero-order valence-corrected chi connectivity index (χ0v) is 9.58. The second-order valence-electron chi connectivity index (χ2n) is 4.22. The molecule has 0 spiro atoms. The lowest BCUT2D eigenvalue weighted by Gasteiger charge is -2.26. The Morgan fingerprint density at radius 2 is 1.71 bits per heavy atom. The third-order valence-electron chi connectivity index (χ3n) is 1.96. The van der Waals surface area contributed by atoms with Gasteiger partial charge in [0.1, 0.15) is 0 Å². The Morgan fingerprint density at radius 3 is 2.14 bits per heavy atom. The first-order valence-electron chi connectivity index (χ1n) is 4.49. The second-order valence-corrected chi connectivity index (χ2v) is 6.94. The molecule has 0 aliphatic carbocycles. The molecule has 3 nitrogen and oxygen atoms in total. The lowest BCUT2D eigenvalue weighted by molar-refractivity contribution is 0.452. The van der Waals surface area contributed by atoms with Crippen LogP contribution in [0.2, 0.25) is 0 Å². The monoisotopic (exact) mass is 213 g/mol. The van der Waals surface area contributed by atoms with E-state index < -0.39 is 12.7 Å². The highest BCUT2D eigenvalue weighted by atomic mass is 31.2. The molecule has 1 rings (SSSR count). The minimum atomic E-state index is -3.35. The van der Waals surface area contributed by atoms with E-state index in [2.05, 4.69) is 5.09 Å². The average Bonchev–Trinajstić information content (AvgIpc) is 2.03. The minimum Gasteiger partial charge on any atom is -0.329 e. The molecule has 0 aromatic heterocycles. The smallest absolute Gasteiger partial charge is 0.296 e. The van der Waals surface area contributed by atoms with Gasteiger partial charge < -0.3 is 9.98 Å². The van der Waals surface area contributed by atoms with E-state index in [0.717, 1.165) is 0 Å². The van der Waals surface area contributed by atoms with E-state index >= 15 is 0 Å². The van der Waals surface area contributed by atoms with E-state index in [1.807, 2.05) is 18.2 Å². The molecular formula is C10H16NO2P. The standard InChI is InChI=1S/C10H16NO2P/c1-10(2,3)14(12,13)11-9-7-5-4-6-8-9/h4-8H,1-3H3,(H2,11,12,13). The summed E-state index contributed by atoms with van der Waals surface area (Å²) in [7, 11) is -3.35. The highest BCUT2D eigenvalue weighted by molar-refractivity contribution is 7.61. The van der Waals surface area contributed by atoms with Gasteiger partial charge in [-0.05, 0) is 32.9 Å². The molecule has 1 unspecified atom stereocenters. The first kappa shape index (κ1) is 11.3. The third-order valence-corrected chi connectivity index (χ3v) is 4.34. The van der Waals surface area contributed by atoms with Crippen molar-refractivity contribution < 1.29 is 9.46 Å². The van der Waals surface area contributed by atoms with Crippen molar-refractivity contribution in [1.29, 1.82) is 0 Å².